The molecule has 3 rings (SSSR count). The number of rotatable bonds is 5. The van der Waals surface area contributed by atoms with Gasteiger partial charge in [0.25, 0.3) is 5.56 Å². The summed E-state index contributed by atoms with van der Waals surface area (Å²) in [6, 6.07) is 15.3. The minimum Gasteiger partial charge on any atom is -0.497 e. The smallest absolute Gasteiger partial charge is 0.262 e. The highest BCUT2D eigenvalue weighted by molar-refractivity contribution is 7.99. The van der Waals surface area contributed by atoms with Crippen molar-refractivity contribution in [1.29, 1.82) is 0 Å². The van der Waals surface area contributed by atoms with E-state index in [2.05, 4.69) is 13.8 Å². The van der Waals surface area contributed by atoms with Crippen LogP contribution < -0.4 is 10.3 Å². The number of nitrogens with zero attached hydrogens (tertiary/aromatic N) is 2. The average molecular weight is 340 g/mol. The van der Waals surface area contributed by atoms with Crippen molar-refractivity contribution in [1.82, 2.24) is 9.55 Å². The van der Waals surface area contributed by atoms with Crippen LogP contribution in [0.2, 0.25) is 0 Å². The van der Waals surface area contributed by atoms with Gasteiger partial charge >= 0.3 is 0 Å². The van der Waals surface area contributed by atoms with Gasteiger partial charge in [0.2, 0.25) is 0 Å². The molecule has 0 radical (unpaired) electrons. The minimum absolute atomic E-state index is 0.000400. The Labute approximate surface area is 145 Å². The summed E-state index contributed by atoms with van der Waals surface area (Å²) in [6.07, 6.45) is 0. The summed E-state index contributed by atoms with van der Waals surface area (Å²) >= 11 is 1.61. The molecule has 0 bridgehead atoms. The molecule has 0 spiro atoms. The van der Waals surface area contributed by atoms with Gasteiger partial charge in [-0.2, -0.15) is 0 Å². The van der Waals surface area contributed by atoms with Crippen molar-refractivity contribution in [3.8, 4) is 5.75 Å². The number of thioether (sulfide) groups is 1. The van der Waals surface area contributed by atoms with E-state index < -0.39 is 0 Å². The van der Waals surface area contributed by atoms with E-state index in [0.717, 1.165) is 22.0 Å². The third kappa shape index (κ3) is 3.46. The molecule has 0 aliphatic carbocycles. The molecule has 2 aromatic carbocycles. The maximum atomic E-state index is 12.9. The van der Waals surface area contributed by atoms with E-state index >= 15 is 0 Å². The van der Waals surface area contributed by atoms with Gasteiger partial charge in [-0.25, -0.2) is 4.98 Å². The minimum atomic E-state index is -0.000400. The number of aromatic nitrogens is 2. The third-order valence-electron chi connectivity index (χ3n) is 3.67. The fourth-order valence-electron chi connectivity index (χ4n) is 2.50. The van der Waals surface area contributed by atoms with Gasteiger partial charge in [0, 0.05) is 5.25 Å². The molecule has 0 fully saturated rings. The molecule has 0 aliphatic heterocycles. The van der Waals surface area contributed by atoms with Crippen molar-refractivity contribution in [2.45, 2.75) is 30.8 Å². The highest BCUT2D eigenvalue weighted by Gasteiger charge is 2.13. The molecule has 3 aromatic rings. The summed E-state index contributed by atoms with van der Waals surface area (Å²) in [4.78, 5) is 17.7. The predicted molar refractivity (Wildman–Crippen MR) is 99.1 cm³/mol. The molecule has 1 heterocycles. The molecular weight excluding hydrogens is 320 g/mol. The van der Waals surface area contributed by atoms with Crippen LogP contribution in [0.5, 0.6) is 5.75 Å². The van der Waals surface area contributed by atoms with Crippen LogP contribution in [0.3, 0.4) is 0 Å². The Morgan fingerprint density at radius 2 is 1.83 bits per heavy atom. The lowest BCUT2D eigenvalue weighted by molar-refractivity contribution is 0.414. The first-order valence-corrected chi connectivity index (χ1v) is 8.75. The molecule has 24 heavy (non-hydrogen) atoms. The first-order valence-electron chi connectivity index (χ1n) is 7.87. The Morgan fingerprint density at radius 3 is 2.50 bits per heavy atom. The number of hydrogen-bond acceptors (Lipinski definition) is 4. The van der Waals surface area contributed by atoms with Crippen LogP contribution in [-0.4, -0.2) is 21.9 Å². The normalized spacial score (nSPS) is 11.2. The summed E-state index contributed by atoms with van der Waals surface area (Å²) in [5, 5.41) is 1.75. The van der Waals surface area contributed by atoms with Gasteiger partial charge in [0.1, 0.15) is 5.75 Å². The SMILES string of the molecule is COc1ccc(Cn2c(SC(C)C)nc3ccccc3c2=O)cc1. The molecule has 0 atom stereocenters. The first kappa shape index (κ1) is 16.6. The number of benzene rings is 2. The number of hydrogen-bond donors (Lipinski definition) is 0. The first-order chi connectivity index (χ1) is 11.6. The molecule has 0 saturated carbocycles. The average Bonchev–Trinajstić information content (AvgIpc) is 2.58. The maximum absolute atomic E-state index is 12.9. The van der Waals surface area contributed by atoms with E-state index in [1.807, 2.05) is 48.5 Å². The van der Waals surface area contributed by atoms with Gasteiger partial charge < -0.3 is 4.74 Å². The van der Waals surface area contributed by atoms with E-state index in [4.69, 9.17) is 9.72 Å². The molecule has 124 valence electrons. The second-order valence-electron chi connectivity index (χ2n) is 5.82. The summed E-state index contributed by atoms with van der Waals surface area (Å²) in [7, 11) is 1.64. The van der Waals surface area contributed by atoms with Gasteiger partial charge in [-0.3, -0.25) is 9.36 Å². The van der Waals surface area contributed by atoms with Crippen LogP contribution in [-0.2, 0) is 6.54 Å². The summed E-state index contributed by atoms with van der Waals surface area (Å²) < 4.78 is 6.95. The zero-order valence-corrected chi connectivity index (χ0v) is 14.8. The van der Waals surface area contributed by atoms with E-state index in [9.17, 15) is 4.79 Å². The number of fused-ring (bicyclic) bond motifs is 1. The largest absolute Gasteiger partial charge is 0.497 e. The molecule has 0 N–H and O–H groups in total. The molecule has 0 saturated heterocycles. The highest BCUT2D eigenvalue weighted by atomic mass is 32.2. The lowest BCUT2D eigenvalue weighted by atomic mass is 10.2. The molecule has 0 amide bonds. The van der Waals surface area contributed by atoms with Crippen LogP contribution in [0.4, 0.5) is 0 Å². The molecular formula is C19H20N2O2S. The van der Waals surface area contributed by atoms with Gasteiger partial charge in [0.05, 0.1) is 24.6 Å². The van der Waals surface area contributed by atoms with Crippen LogP contribution in [0.25, 0.3) is 10.9 Å². The van der Waals surface area contributed by atoms with Crippen LogP contribution >= 0.6 is 11.8 Å². The van der Waals surface area contributed by atoms with Crippen molar-refractivity contribution < 1.29 is 4.74 Å². The van der Waals surface area contributed by atoms with Crippen LogP contribution in [0.15, 0.2) is 58.5 Å². The third-order valence-corrected chi connectivity index (χ3v) is 4.66. The fourth-order valence-corrected chi connectivity index (χ4v) is 3.35. The second kappa shape index (κ2) is 7.09. The lowest BCUT2D eigenvalue weighted by Gasteiger charge is -2.14. The summed E-state index contributed by atoms with van der Waals surface area (Å²) in [5.41, 5.74) is 1.79. The molecule has 0 aliphatic rings. The summed E-state index contributed by atoms with van der Waals surface area (Å²) in [6.45, 7) is 4.70. The van der Waals surface area contributed by atoms with Crippen molar-refractivity contribution in [3.05, 3.63) is 64.4 Å². The Bertz CT molecular complexity index is 901. The van der Waals surface area contributed by atoms with Gasteiger partial charge in [-0.1, -0.05) is 49.9 Å². The van der Waals surface area contributed by atoms with Gasteiger partial charge in [0.15, 0.2) is 5.16 Å². The number of methoxy groups -OCH3 is 1. The second-order valence-corrected chi connectivity index (χ2v) is 7.36. The van der Waals surface area contributed by atoms with Crippen molar-refractivity contribution in [3.63, 3.8) is 0 Å². The zero-order valence-electron chi connectivity index (χ0n) is 14.0. The van der Waals surface area contributed by atoms with Crippen molar-refractivity contribution in [2.24, 2.45) is 0 Å². The van der Waals surface area contributed by atoms with E-state index in [-0.39, 0.29) is 5.56 Å². The Kier molecular flexibility index (Phi) is 4.90. The monoisotopic (exact) mass is 340 g/mol. The maximum Gasteiger partial charge on any atom is 0.262 e. The van der Waals surface area contributed by atoms with E-state index in [1.54, 1.807) is 23.4 Å². The Hall–Kier alpha value is -2.27. The van der Waals surface area contributed by atoms with Gasteiger partial charge in [-0.15, -0.1) is 0 Å². The van der Waals surface area contributed by atoms with Crippen LogP contribution in [0, 0.1) is 0 Å². The number of para-hydroxylation sites is 1. The lowest BCUT2D eigenvalue weighted by Crippen LogP contribution is -2.24. The zero-order chi connectivity index (χ0) is 17.1. The highest BCUT2D eigenvalue weighted by Crippen LogP contribution is 2.23. The topological polar surface area (TPSA) is 44.1 Å². The van der Waals surface area contributed by atoms with Crippen molar-refractivity contribution >= 4 is 22.7 Å². The van der Waals surface area contributed by atoms with E-state index in [1.165, 1.54) is 0 Å². The summed E-state index contributed by atoms with van der Waals surface area (Å²) in [5.74, 6) is 0.805. The predicted octanol–water partition coefficient (Wildman–Crippen LogP) is 3.95. The van der Waals surface area contributed by atoms with E-state index in [0.29, 0.717) is 17.2 Å². The van der Waals surface area contributed by atoms with Gasteiger partial charge in [-0.05, 0) is 29.8 Å². The standard InChI is InChI=1S/C19H20N2O2S/c1-13(2)24-19-20-17-7-5-4-6-16(17)18(22)21(19)12-14-8-10-15(23-3)11-9-14/h4-11,13H,12H2,1-3H3. The molecule has 4 nitrogen and oxygen atoms in total. The Morgan fingerprint density at radius 1 is 1.12 bits per heavy atom. The molecule has 1 aromatic heterocycles. The van der Waals surface area contributed by atoms with Crippen LogP contribution in [0.1, 0.15) is 19.4 Å². The number of ether oxygens (including phenoxy) is 1. The molecule has 5 heteroatoms. The molecule has 0 unspecified atom stereocenters. The van der Waals surface area contributed by atoms with Crippen molar-refractivity contribution in [2.75, 3.05) is 7.11 Å². The Balaban J connectivity index is 2.09. The fraction of sp³-hybridized carbons (Fsp3) is 0.263. The quantitative estimate of drug-likeness (QED) is 0.521.